The lowest BCUT2D eigenvalue weighted by atomic mass is 9.99. The molecule has 0 saturated heterocycles. The normalized spacial score (nSPS) is 12.7. The predicted octanol–water partition coefficient (Wildman–Crippen LogP) is 5.06. The van der Waals surface area contributed by atoms with Gasteiger partial charge in [-0.3, -0.25) is 9.89 Å². The maximum absolute atomic E-state index is 12.5. The number of hydrogen-bond acceptors (Lipinski definition) is 3. The van der Waals surface area contributed by atoms with Crippen LogP contribution in [0.3, 0.4) is 0 Å². The second-order valence-corrected chi connectivity index (χ2v) is 7.71. The number of amides is 1. The number of fused-ring (bicyclic) bond motifs is 3. The standard InChI is InChI=1S/C25H23N3O2/c1-16-9-14-20(30-16)15-26-25(29)19-12-10-18(11-13-19)23-22-8-4-6-17-5-2-3-7-21(17)24(22)28-27-23/h2-3,5,7,9-14H,4,6,8,15H2,1H3,(H,26,29)(H,27,28). The van der Waals surface area contributed by atoms with Gasteiger partial charge in [0.05, 0.1) is 17.9 Å². The van der Waals surface area contributed by atoms with E-state index < -0.39 is 0 Å². The number of furan rings is 1. The minimum Gasteiger partial charge on any atom is -0.465 e. The summed E-state index contributed by atoms with van der Waals surface area (Å²) in [5, 5.41) is 10.8. The first-order valence-electron chi connectivity index (χ1n) is 10.3. The van der Waals surface area contributed by atoms with Crippen molar-refractivity contribution in [2.45, 2.75) is 32.7 Å². The van der Waals surface area contributed by atoms with Crippen molar-refractivity contribution in [1.29, 1.82) is 0 Å². The molecule has 2 heterocycles. The summed E-state index contributed by atoms with van der Waals surface area (Å²) in [5.41, 5.74) is 7.59. The van der Waals surface area contributed by atoms with Crippen molar-refractivity contribution < 1.29 is 9.21 Å². The Kier molecular flexibility index (Phi) is 4.71. The molecule has 5 nitrogen and oxygen atoms in total. The molecular formula is C25H23N3O2. The highest BCUT2D eigenvalue weighted by molar-refractivity contribution is 5.94. The van der Waals surface area contributed by atoms with Crippen LogP contribution in [0.1, 0.15) is 39.4 Å². The van der Waals surface area contributed by atoms with E-state index in [1.807, 2.05) is 43.3 Å². The number of aromatic amines is 1. The van der Waals surface area contributed by atoms with Crippen LogP contribution < -0.4 is 5.32 Å². The molecule has 30 heavy (non-hydrogen) atoms. The van der Waals surface area contributed by atoms with Crippen LogP contribution in [0.15, 0.2) is 65.1 Å². The molecule has 0 aliphatic heterocycles. The first-order valence-corrected chi connectivity index (χ1v) is 10.3. The van der Waals surface area contributed by atoms with Crippen LogP contribution >= 0.6 is 0 Å². The lowest BCUT2D eigenvalue weighted by Gasteiger charge is -2.06. The molecule has 0 radical (unpaired) electrons. The second kappa shape index (κ2) is 7.67. The van der Waals surface area contributed by atoms with Gasteiger partial charge in [-0.25, -0.2) is 0 Å². The average Bonchev–Trinajstić information content (AvgIpc) is 3.34. The molecule has 2 aromatic carbocycles. The summed E-state index contributed by atoms with van der Waals surface area (Å²) >= 11 is 0. The summed E-state index contributed by atoms with van der Waals surface area (Å²) in [6.45, 7) is 2.26. The summed E-state index contributed by atoms with van der Waals surface area (Å²) in [4.78, 5) is 12.5. The minimum atomic E-state index is -0.120. The molecule has 2 N–H and O–H groups in total. The van der Waals surface area contributed by atoms with Crippen LogP contribution in [-0.2, 0) is 19.4 Å². The van der Waals surface area contributed by atoms with Crippen molar-refractivity contribution in [3.05, 3.63) is 88.9 Å². The van der Waals surface area contributed by atoms with E-state index >= 15 is 0 Å². The Morgan fingerprint density at radius 3 is 2.70 bits per heavy atom. The Labute approximate surface area is 175 Å². The topological polar surface area (TPSA) is 70.9 Å². The van der Waals surface area contributed by atoms with E-state index in [-0.39, 0.29) is 5.91 Å². The zero-order chi connectivity index (χ0) is 20.5. The molecular weight excluding hydrogens is 374 g/mol. The smallest absolute Gasteiger partial charge is 0.251 e. The van der Waals surface area contributed by atoms with Crippen molar-refractivity contribution in [2.75, 3.05) is 0 Å². The first-order chi connectivity index (χ1) is 14.7. The van der Waals surface area contributed by atoms with E-state index in [1.54, 1.807) is 0 Å². The fourth-order valence-electron chi connectivity index (χ4n) is 4.14. The van der Waals surface area contributed by atoms with E-state index in [1.165, 1.54) is 16.7 Å². The quantitative estimate of drug-likeness (QED) is 0.505. The number of carbonyl (C=O) groups excluding carboxylic acids is 1. The predicted molar refractivity (Wildman–Crippen MR) is 116 cm³/mol. The van der Waals surface area contributed by atoms with Gasteiger partial charge in [0, 0.05) is 22.3 Å². The molecule has 150 valence electrons. The van der Waals surface area contributed by atoms with Gasteiger partial charge in [0.25, 0.3) is 5.91 Å². The molecule has 0 fully saturated rings. The lowest BCUT2D eigenvalue weighted by Crippen LogP contribution is -2.22. The van der Waals surface area contributed by atoms with Gasteiger partial charge in [0.15, 0.2) is 0 Å². The van der Waals surface area contributed by atoms with Crippen molar-refractivity contribution in [3.63, 3.8) is 0 Å². The lowest BCUT2D eigenvalue weighted by molar-refractivity contribution is 0.0948. The average molecular weight is 397 g/mol. The van der Waals surface area contributed by atoms with Crippen molar-refractivity contribution in [2.24, 2.45) is 0 Å². The van der Waals surface area contributed by atoms with Crippen molar-refractivity contribution >= 4 is 5.91 Å². The van der Waals surface area contributed by atoms with Gasteiger partial charge in [-0.2, -0.15) is 5.10 Å². The van der Waals surface area contributed by atoms with Gasteiger partial charge in [-0.1, -0.05) is 36.4 Å². The molecule has 0 spiro atoms. The number of aromatic nitrogens is 2. The molecule has 1 aliphatic carbocycles. The molecule has 4 aromatic rings. The zero-order valence-electron chi connectivity index (χ0n) is 16.9. The molecule has 0 unspecified atom stereocenters. The fraction of sp³-hybridized carbons (Fsp3) is 0.200. The van der Waals surface area contributed by atoms with E-state index in [0.29, 0.717) is 12.1 Å². The number of benzene rings is 2. The first kappa shape index (κ1) is 18.4. The highest BCUT2D eigenvalue weighted by atomic mass is 16.3. The van der Waals surface area contributed by atoms with Gasteiger partial charge in [0.2, 0.25) is 0 Å². The van der Waals surface area contributed by atoms with Crippen LogP contribution in [0.5, 0.6) is 0 Å². The highest BCUT2D eigenvalue weighted by Crippen LogP contribution is 2.36. The van der Waals surface area contributed by atoms with Gasteiger partial charge in [0.1, 0.15) is 11.5 Å². The number of nitrogens with zero attached hydrogens (tertiary/aromatic N) is 1. The van der Waals surface area contributed by atoms with E-state index in [4.69, 9.17) is 4.42 Å². The Hall–Kier alpha value is -3.60. The Balaban J connectivity index is 1.37. The Morgan fingerprint density at radius 2 is 1.90 bits per heavy atom. The molecule has 2 aromatic heterocycles. The third-order valence-electron chi connectivity index (χ3n) is 5.67. The van der Waals surface area contributed by atoms with Crippen LogP contribution in [-0.4, -0.2) is 16.1 Å². The third-order valence-corrected chi connectivity index (χ3v) is 5.67. The maximum Gasteiger partial charge on any atom is 0.251 e. The van der Waals surface area contributed by atoms with Crippen LogP contribution in [0.4, 0.5) is 0 Å². The SMILES string of the molecule is Cc1ccc(CNC(=O)c2ccc(-c3n[nH]c4c3CCCc3ccccc3-4)cc2)o1. The molecule has 0 saturated carbocycles. The Bertz CT molecular complexity index is 1200. The highest BCUT2D eigenvalue weighted by Gasteiger charge is 2.21. The number of aryl methyl sites for hydroxylation is 2. The van der Waals surface area contributed by atoms with E-state index in [2.05, 4.69) is 39.8 Å². The summed E-state index contributed by atoms with van der Waals surface area (Å²) in [6.07, 6.45) is 3.16. The van der Waals surface area contributed by atoms with E-state index in [0.717, 1.165) is 47.7 Å². The number of carbonyl (C=O) groups is 1. The molecule has 5 rings (SSSR count). The van der Waals surface area contributed by atoms with Crippen molar-refractivity contribution in [1.82, 2.24) is 15.5 Å². The monoisotopic (exact) mass is 397 g/mol. The Morgan fingerprint density at radius 1 is 1.07 bits per heavy atom. The van der Waals surface area contributed by atoms with Crippen LogP contribution in [0.2, 0.25) is 0 Å². The van der Waals surface area contributed by atoms with Crippen molar-refractivity contribution in [3.8, 4) is 22.5 Å². The molecule has 0 atom stereocenters. The molecule has 0 bridgehead atoms. The number of rotatable bonds is 4. The summed E-state index contributed by atoms with van der Waals surface area (Å²) in [7, 11) is 0. The van der Waals surface area contributed by atoms with Crippen LogP contribution in [0, 0.1) is 6.92 Å². The summed E-state index contributed by atoms with van der Waals surface area (Å²) in [5.74, 6) is 1.46. The van der Waals surface area contributed by atoms with Gasteiger partial charge < -0.3 is 9.73 Å². The number of hydrogen-bond donors (Lipinski definition) is 2. The number of nitrogens with one attached hydrogen (secondary N) is 2. The second-order valence-electron chi connectivity index (χ2n) is 7.71. The zero-order valence-corrected chi connectivity index (χ0v) is 16.9. The number of H-pyrrole nitrogens is 1. The summed E-state index contributed by atoms with van der Waals surface area (Å²) < 4.78 is 5.50. The molecule has 5 heteroatoms. The van der Waals surface area contributed by atoms with Gasteiger partial charge in [-0.05, 0) is 56.0 Å². The minimum absolute atomic E-state index is 0.120. The van der Waals surface area contributed by atoms with Gasteiger partial charge >= 0.3 is 0 Å². The third kappa shape index (κ3) is 3.43. The van der Waals surface area contributed by atoms with Gasteiger partial charge in [-0.15, -0.1) is 0 Å². The van der Waals surface area contributed by atoms with Crippen LogP contribution in [0.25, 0.3) is 22.5 Å². The maximum atomic E-state index is 12.5. The summed E-state index contributed by atoms with van der Waals surface area (Å²) in [6, 6.07) is 19.9. The fourth-order valence-corrected chi connectivity index (χ4v) is 4.14. The molecule has 1 amide bonds. The molecule has 1 aliphatic rings. The largest absolute Gasteiger partial charge is 0.465 e. The van der Waals surface area contributed by atoms with E-state index in [9.17, 15) is 4.79 Å².